The van der Waals surface area contributed by atoms with E-state index in [4.69, 9.17) is 9.47 Å². The molecular weight excluding hydrogens is 468 g/mol. The molecule has 2 aromatic carbocycles. The first-order valence-corrected chi connectivity index (χ1v) is 13.3. The van der Waals surface area contributed by atoms with Crippen molar-refractivity contribution in [3.8, 4) is 11.5 Å². The molecule has 1 N–H and O–H groups in total. The first-order chi connectivity index (χ1) is 17.9. The van der Waals surface area contributed by atoms with Crippen molar-refractivity contribution in [2.24, 2.45) is 5.10 Å². The molecule has 1 saturated heterocycles. The topological polar surface area (TPSA) is 83.5 Å². The third-order valence-corrected chi connectivity index (χ3v) is 6.64. The highest BCUT2D eigenvalue weighted by molar-refractivity contribution is 6.04. The minimum Gasteiger partial charge on any atom is -0.493 e. The van der Waals surface area contributed by atoms with Gasteiger partial charge in [0.15, 0.2) is 11.5 Å². The number of ether oxygens (including phenoxy) is 2. The number of benzene rings is 2. The molecule has 8 heteroatoms. The summed E-state index contributed by atoms with van der Waals surface area (Å²) in [5.74, 6) is 1.35. The molecule has 0 unspecified atom stereocenters. The quantitative estimate of drug-likeness (QED) is 0.499. The Hall–Kier alpha value is -3.39. The number of hydrogen-bond acceptors (Lipinski definition) is 6. The highest BCUT2D eigenvalue weighted by Crippen LogP contribution is 2.30. The van der Waals surface area contributed by atoms with Gasteiger partial charge in [0, 0.05) is 37.1 Å². The van der Waals surface area contributed by atoms with E-state index in [1.54, 1.807) is 7.11 Å². The van der Waals surface area contributed by atoms with Gasteiger partial charge in [-0.3, -0.25) is 9.59 Å². The lowest BCUT2D eigenvalue weighted by atomic mass is 10.0. The molecule has 8 nitrogen and oxygen atoms in total. The Balaban J connectivity index is 1.37. The summed E-state index contributed by atoms with van der Waals surface area (Å²) in [6.07, 6.45) is 5.22. The van der Waals surface area contributed by atoms with Crippen LogP contribution in [0, 0.1) is 0 Å². The zero-order valence-electron chi connectivity index (χ0n) is 22.2. The summed E-state index contributed by atoms with van der Waals surface area (Å²) < 4.78 is 11.3. The zero-order chi connectivity index (χ0) is 26.2. The van der Waals surface area contributed by atoms with Crippen LogP contribution < -0.4 is 14.8 Å². The third-order valence-electron chi connectivity index (χ3n) is 6.64. The number of carbonyl (C=O) groups is 2. The summed E-state index contributed by atoms with van der Waals surface area (Å²) in [4.78, 5) is 27.3. The minimum atomic E-state index is -0.00833. The Morgan fingerprint density at radius 3 is 2.49 bits per heavy atom. The van der Waals surface area contributed by atoms with Crippen molar-refractivity contribution in [3.63, 3.8) is 0 Å². The monoisotopic (exact) mass is 506 g/mol. The largest absolute Gasteiger partial charge is 0.493 e. The standard InChI is InChI=1S/C29H38N4O4/c1-21(2)37-27-19-23(9-13-26(27)36-3)25-12-14-29(35)33(31-25)20-22-7-10-24(11-8-22)30-28(34)15-18-32-16-5-4-6-17-32/h7-11,13,19,21H,4-6,12,14-18,20H2,1-3H3,(H,30,34). The van der Waals surface area contributed by atoms with Crippen molar-refractivity contribution < 1.29 is 19.1 Å². The van der Waals surface area contributed by atoms with E-state index in [2.05, 4.69) is 15.3 Å². The van der Waals surface area contributed by atoms with Gasteiger partial charge in [-0.15, -0.1) is 0 Å². The van der Waals surface area contributed by atoms with Gasteiger partial charge >= 0.3 is 0 Å². The second-order valence-electron chi connectivity index (χ2n) is 9.93. The predicted molar refractivity (Wildman–Crippen MR) is 145 cm³/mol. The number of methoxy groups -OCH3 is 1. The van der Waals surface area contributed by atoms with E-state index in [0.29, 0.717) is 37.3 Å². The van der Waals surface area contributed by atoms with Crippen LogP contribution in [-0.4, -0.2) is 60.3 Å². The minimum absolute atomic E-state index is 0.00833. The van der Waals surface area contributed by atoms with E-state index < -0.39 is 0 Å². The molecule has 0 radical (unpaired) electrons. The molecule has 2 amide bonds. The molecule has 2 aliphatic heterocycles. The van der Waals surface area contributed by atoms with Crippen molar-refractivity contribution in [1.29, 1.82) is 0 Å². The van der Waals surface area contributed by atoms with Gasteiger partial charge in [0.2, 0.25) is 11.8 Å². The highest BCUT2D eigenvalue weighted by Gasteiger charge is 2.22. The fourth-order valence-corrected chi connectivity index (χ4v) is 4.67. The molecular formula is C29H38N4O4. The summed E-state index contributed by atoms with van der Waals surface area (Å²) in [5.41, 5.74) is 3.46. The van der Waals surface area contributed by atoms with Crippen LogP contribution in [0.15, 0.2) is 47.6 Å². The summed E-state index contributed by atoms with van der Waals surface area (Å²) in [6, 6.07) is 13.4. The Morgan fingerprint density at radius 1 is 1.03 bits per heavy atom. The predicted octanol–water partition coefficient (Wildman–Crippen LogP) is 4.82. The lowest BCUT2D eigenvalue weighted by Crippen LogP contribution is -2.32. The number of rotatable bonds is 10. The fraction of sp³-hybridized carbons (Fsp3) is 0.483. The number of hydrogen-bond donors (Lipinski definition) is 1. The van der Waals surface area contributed by atoms with Gasteiger partial charge in [0.05, 0.1) is 25.5 Å². The maximum absolute atomic E-state index is 12.6. The van der Waals surface area contributed by atoms with Crippen LogP contribution in [0.4, 0.5) is 5.69 Å². The molecule has 2 heterocycles. The van der Waals surface area contributed by atoms with Crippen molar-refractivity contribution in [2.45, 2.75) is 65.0 Å². The van der Waals surface area contributed by atoms with Gasteiger partial charge in [-0.1, -0.05) is 18.6 Å². The van der Waals surface area contributed by atoms with Crippen molar-refractivity contribution in [3.05, 3.63) is 53.6 Å². The highest BCUT2D eigenvalue weighted by atomic mass is 16.5. The van der Waals surface area contributed by atoms with Crippen LogP contribution in [0.2, 0.25) is 0 Å². The molecule has 37 heavy (non-hydrogen) atoms. The maximum atomic E-state index is 12.6. The van der Waals surface area contributed by atoms with E-state index in [0.717, 1.165) is 42.2 Å². The van der Waals surface area contributed by atoms with Crippen LogP contribution in [-0.2, 0) is 16.1 Å². The molecule has 2 aromatic rings. The summed E-state index contributed by atoms with van der Waals surface area (Å²) in [7, 11) is 1.62. The first kappa shape index (κ1) is 26.7. The van der Waals surface area contributed by atoms with Gasteiger partial charge in [0.1, 0.15) is 0 Å². The molecule has 2 aliphatic rings. The number of nitrogens with zero attached hydrogens (tertiary/aromatic N) is 3. The number of hydrazone groups is 1. The third kappa shape index (κ3) is 7.55. The van der Waals surface area contributed by atoms with Crippen molar-refractivity contribution in [1.82, 2.24) is 9.91 Å². The van der Waals surface area contributed by atoms with E-state index in [1.807, 2.05) is 56.3 Å². The average Bonchev–Trinajstić information content (AvgIpc) is 2.90. The van der Waals surface area contributed by atoms with Gasteiger partial charge in [0.25, 0.3) is 0 Å². The van der Waals surface area contributed by atoms with Crippen LogP contribution >= 0.6 is 0 Å². The van der Waals surface area contributed by atoms with Crippen molar-refractivity contribution in [2.75, 3.05) is 32.1 Å². The van der Waals surface area contributed by atoms with Gasteiger partial charge in [-0.2, -0.15) is 5.10 Å². The lowest BCUT2D eigenvalue weighted by Gasteiger charge is -2.26. The Bertz CT molecular complexity index is 1110. The summed E-state index contributed by atoms with van der Waals surface area (Å²) >= 11 is 0. The first-order valence-electron chi connectivity index (χ1n) is 13.3. The lowest BCUT2D eigenvalue weighted by molar-refractivity contribution is -0.132. The molecule has 0 aliphatic carbocycles. The summed E-state index contributed by atoms with van der Waals surface area (Å²) in [5, 5.41) is 9.18. The smallest absolute Gasteiger partial charge is 0.243 e. The molecule has 1 fully saturated rings. The molecule has 198 valence electrons. The number of nitrogens with one attached hydrogen (secondary N) is 1. The second kappa shape index (κ2) is 12.7. The molecule has 0 saturated carbocycles. The number of likely N-dealkylation sites (tertiary alicyclic amines) is 1. The van der Waals surface area contributed by atoms with E-state index >= 15 is 0 Å². The molecule has 0 spiro atoms. The normalized spacial score (nSPS) is 16.5. The number of amides is 2. The van der Waals surface area contributed by atoms with Crippen LogP contribution in [0.25, 0.3) is 0 Å². The number of anilines is 1. The van der Waals surface area contributed by atoms with E-state index in [9.17, 15) is 9.59 Å². The summed E-state index contributed by atoms with van der Waals surface area (Å²) in [6.45, 7) is 7.30. The molecule has 4 rings (SSSR count). The fourth-order valence-electron chi connectivity index (χ4n) is 4.67. The molecule has 0 atom stereocenters. The zero-order valence-corrected chi connectivity index (χ0v) is 22.2. The molecule has 0 bridgehead atoms. The molecule has 0 aromatic heterocycles. The second-order valence-corrected chi connectivity index (χ2v) is 9.93. The van der Waals surface area contributed by atoms with Gasteiger partial charge in [-0.05, 0) is 75.7 Å². The van der Waals surface area contributed by atoms with Gasteiger partial charge in [-0.25, -0.2) is 5.01 Å². The Kier molecular flexibility index (Phi) is 9.17. The van der Waals surface area contributed by atoms with E-state index in [1.165, 1.54) is 24.3 Å². The average molecular weight is 507 g/mol. The SMILES string of the molecule is COc1ccc(C2=NN(Cc3ccc(NC(=O)CCN4CCCCC4)cc3)C(=O)CC2)cc1OC(C)C. The van der Waals surface area contributed by atoms with Crippen molar-refractivity contribution >= 4 is 23.2 Å². The number of carbonyl (C=O) groups excluding carboxylic acids is 2. The van der Waals surface area contributed by atoms with Crippen LogP contribution in [0.1, 0.15) is 63.5 Å². The maximum Gasteiger partial charge on any atom is 0.243 e. The Morgan fingerprint density at radius 2 is 1.78 bits per heavy atom. The van der Waals surface area contributed by atoms with Crippen LogP contribution in [0.5, 0.6) is 11.5 Å². The van der Waals surface area contributed by atoms with Gasteiger partial charge < -0.3 is 19.7 Å². The van der Waals surface area contributed by atoms with E-state index in [-0.39, 0.29) is 17.9 Å². The Labute approximate surface area is 219 Å². The van der Waals surface area contributed by atoms with Crippen LogP contribution in [0.3, 0.4) is 0 Å². The number of piperidine rings is 1.